The second-order valence-corrected chi connectivity index (χ2v) is 10.3. The van der Waals surface area contributed by atoms with Crippen LogP contribution in [-0.4, -0.2) is 40.2 Å². The van der Waals surface area contributed by atoms with E-state index in [0.29, 0.717) is 11.1 Å². The van der Waals surface area contributed by atoms with E-state index in [1.807, 2.05) is 0 Å². The Morgan fingerprint density at radius 1 is 1.00 bits per heavy atom. The summed E-state index contributed by atoms with van der Waals surface area (Å²) in [6, 6.07) is 6.07. The van der Waals surface area contributed by atoms with Crippen molar-refractivity contribution in [1.82, 2.24) is 32.2 Å². The van der Waals surface area contributed by atoms with Gasteiger partial charge in [-0.1, -0.05) is 6.07 Å². The highest BCUT2D eigenvalue weighted by Crippen LogP contribution is 2.39. The van der Waals surface area contributed by atoms with Gasteiger partial charge in [0.1, 0.15) is 16.9 Å². The molecule has 2 saturated heterocycles. The number of pyridine rings is 1. The molecule has 2 aliphatic heterocycles. The summed E-state index contributed by atoms with van der Waals surface area (Å²) in [5, 5.41) is 7.67. The lowest BCUT2D eigenvalue weighted by molar-refractivity contribution is 0.491. The minimum atomic E-state index is -4.44. The Balaban J connectivity index is 2.06. The number of aromatic nitrogens is 1. The molecule has 12 nitrogen and oxygen atoms in total. The molecule has 0 saturated carbocycles. The van der Waals surface area contributed by atoms with E-state index in [2.05, 4.69) is 32.2 Å². The normalized spacial score (nSPS) is 18.7. The van der Waals surface area contributed by atoms with E-state index < -0.39 is 36.2 Å². The second-order valence-electron chi connectivity index (χ2n) is 6.63. The van der Waals surface area contributed by atoms with Crippen LogP contribution in [0.2, 0.25) is 0 Å². The Morgan fingerprint density at radius 3 is 2.24 bits per heavy atom. The van der Waals surface area contributed by atoms with Crippen LogP contribution in [-0.2, 0) is 19.9 Å². The van der Waals surface area contributed by atoms with Gasteiger partial charge in [-0.25, -0.2) is 37.8 Å². The van der Waals surface area contributed by atoms with Crippen molar-refractivity contribution >= 4 is 25.7 Å². The van der Waals surface area contributed by atoms with Gasteiger partial charge in [-0.3, -0.25) is 0 Å². The van der Waals surface area contributed by atoms with Crippen LogP contribution in [0.4, 0.5) is 5.82 Å². The highest BCUT2D eigenvalue weighted by atomic mass is 32.2. The van der Waals surface area contributed by atoms with Crippen LogP contribution in [0.15, 0.2) is 40.3 Å². The first-order valence-electron chi connectivity index (χ1n) is 8.57. The molecule has 0 bridgehead atoms. The molecule has 1 aromatic carbocycles. The molecule has 156 valence electrons. The highest BCUT2D eigenvalue weighted by molar-refractivity contribution is 7.94. The van der Waals surface area contributed by atoms with Gasteiger partial charge in [-0.15, -0.1) is 0 Å². The van der Waals surface area contributed by atoms with E-state index >= 15 is 0 Å². The van der Waals surface area contributed by atoms with Crippen molar-refractivity contribution < 1.29 is 16.8 Å². The fraction of sp³-hybridized carbons (Fsp3) is 0.267. The second kappa shape index (κ2) is 7.26. The third-order valence-corrected chi connectivity index (χ3v) is 8.15. The molecule has 3 heterocycles. The molecule has 2 aromatic rings. The van der Waals surface area contributed by atoms with E-state index in [1.165, 1.54) is 18.3 Å². The molecule has 0 unspecified atom stereocenters. The molecular formula is C15H20N8O4S2. The molecular weight excluding hydrogens is 420 g/mol. The lowest BCUT2D eigenvalue weighted by atomic mass is 9.98. The number of nitrogens with one attached hydrogen (secondary N) is 5. The smallest absolute Gasteiger partial charge is 0.239 e. The molecule has 2 fully saturated rings. The summed E-state index contributed by atoms with van der Waals surface area (Å²) in [6.07, 6.45) is 0.670. The van der Waals surface area contributed by atoms with Crippen LogP contribution in [0.5, 0.6) is 0 Å². The number of sulfonamides is 1. The van der Waals surface area contributed by atoms with E-state index in [-0.39, 0.29) is 29.4 Å². The van der Waals surface area contributed by atoms with Crippen molar-refractivity contribution in [2.24, 2.45) is 5.14 Å². The van der Waals surface area contributed by atoms with Crippen LogP contribution in [0.25, 0.3) is 11.1 Å². The topological polar surface area (TPSA) is 193 Å². The number of sulfone groups is 1. The summed E-state index contributed by atoms with van der Waals surface area (Å²) < 4.78 is 51.4. The molecule has 0 atom stereocenters. The number of primary sulfonamides is 1. The lowest BCUT2D eigenvalue weighted by Crippen LogP contribution is -2.51. The van der Waals surface area contributed by atoms with Gasteiger partial charge in [0, 0.05) is 30.4 Å². The first kappa shape index (κ1) is 20.1. The Hall–Kier alpha value is -2.17. The maximum Gasteiger partial charge on any atom is 0.239 e. The third kappa shape index (κ3) is 3.49. The summed E-state index contributed by atoms with van der Waals surface area (Å²) in [7, 11) is -8.38. The van der Waals surface area contributed by atoms with E-state index in [0.717, 1.165) is 0 Å². The van der Waals surface area contributed by atoms with Gasteiger partial charge in [0.05, 0.1) is 10.1 Å². The highest BCUT2D eigenvalue weighted by Gasteiger charge is 2.39. The van der Waals surface area contributed by atoms with Gasteiger partial charge in [0.2, 0.25) is 10.0 Å². The number of rotatable bonds is 5. The Morgan fingerprint density at radius 2 is 1.69 bits per heavy atom. The van der Waals surface area contributed by atoms with Gasteiger partial charge in [-0.05, 0) is 23.8 Å². The van der Waals surface area contributed by atoms with Gasteiger partial charge < -0.3 is 11.1 Å². The fourth-order valence-corrected chi connectivity index (χ4v) is 6.56. The number of benzene rings is 1. The molecule has 0 radical (unpaired) electrons. The molecule has 14 heteroatoms. The summed E-state index contributed by atoms with van der Waals surface area (Å²) >= 11 is 0. The van der Waals surface area contributed by atoms with Gasteiger partial charge in [-0.2, -0.15) is 11.1 Å². The largest absolute Gasteiger partial charge is 0.383 e. The number of nitrogens with zero attached hydrogens (tertiary/aromatic N) is 1. The molecule has 0 amide bonds. The molecule has 4 rings (SSSR count). The van der Waals surface area contributed by atoms with Crippen LogP contribution in [0.1, 0.15) is 11.7 Å². The number of hydrogen-bond donors (Lipinski definition) is 7. The number of nitrogens with two attached hydrogens (primary N) is 2. The fourth-order valence-electron chi connectivity index (χ4n) is 3.32. The van der Waals surface area contributed by atoms with E-state index in [4.69, 9.17) is 10.9 Å². The zero-order valence-corrected chi connectivity index (χ0v) is 16.6. The van der Waals surface area contributed by atoms with E-state index in [9.17, 15) is 16.8 Å². The number of hydrazine groups is 3. The zero-order valence-electron chi connectivity index (χ0n) is 15.0. The first-order valence-corrected chi connectivity index (χ1v) is 11.7. The SMILES string of the molecule is Nc1ncccc1-c1ccc(S(=O)(=O)C2CNC2)c(S(N)(=O)=O)c1C1NNNN1. The van der Waals surface area contributed by atoms with Crippen molar-refractivity contribution in [2.75, 3.05) is 18.8 Å². The predicted octanol–water partition coefficient (Wildman–Crippen LogP) is -2.16. The average Bonchev–Trinajstić information content (AvgIpc) is 3.12. The maximum absolute atomic E-state index is 13.1. The quantitative estimate of drug-likeness (QED) is 0.268. The van der Waals surface area contributed by atoms with Gasteiger partial charge in [0.25, 0.3) is 0 Å². The molecule has 2 aliphatic rings. The summed E-state index contributed by atoms with van der Waals surface area (Å²) in [5.74, 6) is 0.159. The minimum absolute atomic E-state index is 0.109. The van der Waals surface area contributed by atoms with Gasteiger partial charge >= 0.3 is 0 Å². The van der Waals surface area contributed by atoms with Crippen LogP contribution >= 0.6 is 0 Å². The predicted molar refractivity (Wildman–Crippen MR) is 105 cm³/mol. The Kier molecular flexibility index (Phi) is 5.04. The molecule has 1 aromatic heterocycles. The molecule has 0 spiro atoms. The number of nitrogen functional groups attached to an aromatic ring is 1. The standard InChI is InChI=1S/C15H20N8O4S2/c16-14-10(2-1-5-19-14)9-3-4-11(28(24,25)8-6-18-7-8)13(29(17,26)27)12(9)15-20-22-23-21-15/h1-5,8,15,18,20-23H,6-7H2,(H2,16,19)(H2,17,26,27). The average molecular weight is 441 g/mol. The van der Waals surface area contributed by atoms with E-state index in [1.54, 1.807) is 12.1 Å². The lowest BCUT2D eigenvalue weighted by Gasteiger charge is -2.29. The number of hydrogen-bond acceptors (Lipinski definition) is 11. The van der Waals surface area contributed by atoms with Crippen molar-refractivity contribution in [3.05, 3.63) is 36.0 Å². The molecule has 0 aliphatic carbocycles. The summed E-state index contributed by atoms with van der Waals surface area (Å²) in [4.78, 5) is 3.21. The van der Waals surface area contributed by atoms with Crippen molar-refractivity contribution in [3.8, 4) is 11.1 Å². The first-order chi connectivity index (χ1) is 13.7. The summed E-state index contributed by atoms with van der Waals surface area (Å²) in [5.41, 5.74) is 17.7. The molecule has 9 N–H and O–H groups in total. The van der Waals surface area contributed by atoms with Crippen LogP contribution in [0.3, 0.4) is 0 Å². The molecule has 29 heavy (non-hydrogen) atoms. The third-order valence-electron chi connectivity index (χ3n) is 4.85. The Labute approximate surface area is 167 Å². The Bertz CT molecular complexity index is 1160. The van der Waals surface area contributed by atoms with Crippen molar-refractivity contribution in [1.29, 1.82) is 0 Å². The van der Waals surface area contributed by atoms with Crippen molar-refractivity contribution in [3.63, 3.8) is 0 Å². The van der Waals surface area contributed by atoms with Gasteiger partial charge in [0.15, 0.2) is 9.84 Å². The number of anilines is 1. The monoisotopic (exact) mass is 440 g/mol. The van der Waals surface area contributed by atoms with Crippen LogP contribution < -0.4 is 38.1 Å². The maximum atomic E-state index is 13.1. The summed E-state index contributed by atoms with van der Waals surface area (Å²) in [6.45, 7) is 0.476. The minimum Gasteiger partial charge on any atom is -0.383 e. The van der Waals surface area contributed by atoms with Crippen molar-refractivity contribution in [2.45, 2.75) is 21.2 Å². The zero-order chi connectivity index (χ0) is 20.8. The van der Waals surface area contributed by atoms with Crippen LogP contribution in [0, 0.1) is 0 Å².